The van der Waals surface area contributed by atoms with Crippen LogP contribution in [0, 0.1) is 0 Å². The molecule has 1 N–H and O–H groups in total. The average Bonchev–Trinajstić information content (AvgIpc) is 2.55. The molecule has 0 aliphatic carbocycles. The minimum atomic E-state index is -0.366. The van der Waals surface area contributed by atoms with E-state index >= 15 is 0 Å². The average molecular weight is 316 g/mol. The number of ether oxygens (including phenoxy) is 2. The highest BCUT2D eigenvalue weighted by Gasteiger charge is 2.18. The van der Waals surface area contributed by atoms with Gasteiger partial charge in [0.2, 0.25) is 0 Å². The fraction of sp³-hybridized carbons (Fsp3) is 0.444. The van der Waals surface area contributed by atoms with Gasteiger partial charge in [0.05, 0.1) is 24.4 Å². The Morgan fingerprint density at radius 3 is 2.70 bits per heavy atom. The number of hydrogen-bond donors (Lipinski definition) is 1. The van der Waals surface area contributed by atoms with Gasteiger partial charge in [-0.3, -0.25) is 4.98 Å². The predicted octanol–water partition coefficient (Wildman–Crippen LogP) is 4.02. The maximum atomic E-state index is 12.3. The predicted molar refractivity (Wildman–Crippen MR) is 92.2 cm³/mol. The molecule has 1 aromatic carbocycles. The van der Waals surface area contributed by atoms with Crippen LogP contribution < -0.4 is 10.1 Å². The van der Waals surface area contributed by atoms with Crippen LogP contribution in [0.15, 0.2) is 24.4 Å². The smallest absolute Gasteiger partial charge is 0.341 e. The molecule has 0 saturated heterocycles. The van der Waals surface area contributed by atoms with Crippen LogP contribution in [0.25, 0.3) is 10.9 Å². The van der Waals surface area contributed by atoms with Crippen LogP contribution in [0.3, 0.4) is 0 Å². The van der Waals surface area contributed by atoms with Crippen LogP contribution in [0.5, 0.6) is 5.75 Å². The molecule has 2 rings (SSSR count). The van der Waals surface area contributed by atoms with E-state index in [1.165, 1.54) is 0 Å². The standard InChI is InChI=1S/C18H24N2O3/c1-5-12(4)20-17-14-10-13(22-6-2)8-9-16(14)19-11-15(17)18(21)23-7-3/h8-12H,5-7H2,1-4H3,(H,19,20). The van der Waals surface area contributed by atoms with Gasteiger partial charge in [-0.2, -0.15) is 0 Å². The van der Waals surface area contributed by atoms with Crippen molar-refractivity contribution in [1.82, 2.24) is 4.98 Å². The van der Waals surface area contributed by atoms with Crippen molar-refractivity contribution in [3.05, 3.63) is 30.0 Å². The van der Waals surface area contributed by atoms with Gasteiger partial charge in [0.25, 0.3) is 0 Å². The lowest BCUT2D eigenvalue weighted by Crippen LogP contribution is -2.18. The number of aromatic nitrogens is 1. The molecule has 0 aliphatic rings. The number of esters is 1. The van der Waals surface area contributed by atoms with Gasteiger partial charge in [0, 0.05) is 17.6 Å². The van der Waals surface area contributed by atoms with E-state index in [1.54, 1.807) is 13.1 Å². The Hall–Kier alpha value is -2.30. The summed E-state index contributed by atoms with van der Waals surface area (Å²) in [6, 6.07) is 5.93. The highest BCUT2D eigenvalue weighted by molar-refractivity contribution is 6.05. The summed E-state index contributed by atoms with van der Waals surface area (Å²) in [4.78, 5) is 16.6. The van der Waals surface area contributed by atoms with E-state index in [2.05, 4.69) is 24.1 Å². The van der Waals surface area contributed by atoms with E-state index in [0.29, 0.717) is 18.8 Å². The molecular formula is C18H24N2O3. The second kappa shape index (κ2) is 7.81. The Bertz CT molecular complexity index is 685. The maximum Gasteiger partial charge on any atom is 0.341 e. The summed E-state index contributed by atoms with van der Waals surface area (Å²) in [5.41, 5.74) is 2.02. The molecule has 1 heterocycles. The number of fused-ring (bicyclic) bond motifs is 1. The first-order valence-corrected chi connectivity index (χ1v) is 8.09. The van der Waals surface area contributed by atoms with Gasteiger partial charge in [0.1, 0.15) is 11.3 Å². The molecule has 1 unspecified atom stereocenters. The molecule has 5 nitrogen and oxygen atoms in total. The number of nitrogens with zero attached hydrogens (tertiary/aromatic N) is 1. The molecule has 0 fully saturated rings. The molecule has 0 amide bonds. The lowest BCUT2D eigenvalue weighted by atomic mass is 10.1. The summed E-state index contributed by atoms with van der Waals surface area (Å²) in [6.45, 7) is 8.82. The van der Waals surface area contributed by atoms with E-state index in [0.717, 1.165) is 28.8 Å². The summed E-state index contributed by atoms with van der Waals surface area (Å²) in [7, 11) is 0. The third-order valence-corrected chi connectivity index (χ3v) is 3.65. The topological polar surface area (TPSA) is 60.5 Å². The van der Waals surface area contributed by atoms with Crippen molar-refractivity contribution >= 4 is 22.6 Å². The zero-order valence-corrected chi connectivity index (χ0v) is 14.2. The quantitative estimate of drug-likeness (QED) is 0.782. The number of benzene rings is 1. The van der Waals surface area contributed by atoms with Crippen molar-refractivity contribution in [3.63, 3.8) is 0 Å². The first-order valence-electron chi connectivity index (χ1n) is 8.09. The van der Waals surface area contributed by atoms with Crippen LogP contribution in [0.1, 0.15) is 44.5 Å². The zero-order chi connectivity index (χ0) is 16.8. The molecule has 0 aliphatic heterocycles. The minimum absolute atomic E-state index is 0.226. The van der Waals surface area contributed by atoms with Crippen molar-refractivity contribution in [2.75, 3.05) is 18.5 Å². The van der Waals surface area contributed by atoms with Crippen LogP contribution >= 0.6 is 0 Å². The van der Waals surface area contributed by atoms with Gasteiger partial charge in [0.15, 0.2) is 0 Å². The lowest BCUT2D eigenvalue weighted by Gasteiger charge is -2.18. The van der Waals surface area contributed by atoms with Gasteiger partial charge in [-0.1, -0.05) is 6.92 Å². The van der Waals surface area contributed by atoms with Crippen LogP contribution in [0.4, 0.5) is 5.69 Å². The third-order valence-electron chi connectivity index (χ3n) is 3.65. The molecule has 0 bridgehead atoms. The maximum absolute atomic E-state index is 12.3. The molecule has 0 radical (unpaired) electrons. The van der Waals surface area contributed by atoms with E-state index in [-0.39, 0.29) is 12.0 Å². The van der Waals surface area contributed by atoms with Crippen molar-refractivity contribution in [3.8, 4) is 5.75 Å². The summed E-state index contributed by atoms with van der Waals surface area (Å²) in [5, 5.41) is 4.28. The van der Waals surface area contributed by atoms with Crippen LogP contribution in [0.2, 0.25) is 0 Å². The first kappa shape index (κ1) is 17.1. The largest absolute Gasteiger partial charge is 0.494 e. The van der Waals surface area contributed by atoms with E-state index in [1.807, 2.05) is 25.1 Å². The second-order valence-electron chi connectivity index (χ2n) is 5.33. The SMILES string of the molecule is CCOC(=O)c1cnc2ccc(OCC)cc2c1NC(C)CC. The number of carbonyl (C=O) groups excluding carboxylic acids is 1. The van der Waals surface area contributed by atoms with Crippen molar-refractivity contribution in [1.29, 1.82) is 0 Å². The van der Waals surface area contributed by atoms with Crippen molar-refractivity contribution in [2.45, 2.75) is 40.2 Å². The summed E-state index contributed by atoms with van der Waals surface area (Å²) in [5.74, 6) is 0.393. The fourth-order valence-corrected chi connectivity index (χ4v) is 2.30. The normalized spacial score (nSPS) is 12.0. The van der Waals surface area contributed by atoms with Crippen LogP contribution in [-0.2, 0) is 4.74 Å². The van der Waals surface area contributed by atoms with Crippen molar-refractivity contribution in [2.24, 2.45) is 0 Å². The van der Waals surface area contributed by atoms with Gasteiger partial charge in [-0.15, -0.1) is 0 Å². The number of rotatable bonds is 7. The Kier molecular flexibility index (Phi) is 5.79. The highest BCUT2D eigenvalue weighted by atomic mass is 16.5. The minimum Gasteiger partial charge on any atom is -0.494 e. The summed E-state index contributed by atoms with van der Waals surface area (Å²) in [6.07, 6.45) is 2.52. The highest BCUT2D eigenvalue weighted by Crippen LogP contribution is 2.30. The molecule has 1 atom stereocenters. The van der Waals surface area contributed by atoms with Gasteiger partial charge < -0.3 is 14.8 Å². The monoisotopic (exact) mass is 316 g/mol. The molecular weight excluding hydrogens is 292 g/mol. The third kappa shape index (κ3) is 3.92. The van der Waals surface area contributed by atoms with Crippen LogP contribution in [-0.4, -0.2) is 30.2 Å². The Balaban J connectivity index is 2.59. The fourth-order valence-electron chi connectivity index (χ4n) is 2.30. The molecule has 0 spiro atoms. The molecule has 124 valence electrons. The number of anilines is 1. The molecule has 0 saturated carbocycles. The first-order chi connectivity index (χ1) is 11.1. The molecule has 1 aromatic heterocycles. The summed E-state index contributed by atoms with van der Waals surface area (Å²) < 4.78 is 10.7. The Labute approximate surface area is 137 Å². The Morgan fingerprint density at radius 1 is 1.26 bits per heavy atom. The van der Waals surface area contributed by atoms with Gasteiger partial charge >= 0.3 is 5.97 Å². The number of carbonyl (C=O) groups is 1. The van der Waals surface area contributed by atoms with Gasteiger partial charge in [-0.05, 0) is 45.4 Å². The van der Waals surface area contributed by atoms with E-state index in [4.69, 9.17) is 9.47 Å². The molecule has 5 heteroatoms. The number of pyridine rings is 1. The van der Waals surface area contributed by atoms with E-state index < -0.39 is 0 Å². The second-order valence-corrected chi connectivity index (χ2v) is 5.33. The van der Waals surface area contributed by atoms with Gasteiger partial charge in [-0.25, -0.2) is 4.79 Å². The Morgan fingerprint density at radius 2 is 2.04 bits per heavy atom. The molecule has 2 aromatic rings. The van der Waals surface area contributed by atoms with Crippen molar-refractivity contribution < 1.29 is 14.3 Å². The molecule has 23 heavy (non-hydrogen) atoms. The number of nitrogens with one attached hydrogen (secondary N) is 1. The zero-order valence-electron chi connectivity index (χ0n) is 14.2. The lowest BCUT2D eigenvalue weighted by molar-refractivity contribution is 0.0527. The van der Waals surface area contributed by atoms with E-state index in [9.17, 15) is 4.79 Å². The number of hydrogen-bond acceptors (Lipinski definition) is 5. The summed E-state index contributed by atoms with van der Waals surface area (Å²) >= 11 is 0.